The normalized spacial score (nSPS) is 14.2. The van der Waals surface area contributed by atoms with Gasteiger partial charge in [0.05, 0.1) is 0 Å². The molecule has 9 nitrogen and oxygen atoms in total. The van der Waals surface area contributed by atoms with Crippen molar-refractivity contribution in [2.75, 3.05) is 0 Å². The smallest absolute Gasteiger partial charge is 0.493 e. The lowest BCUT2D eigenvalue weighted by Gasteiger charge is -2.13. The number of phosphoric acid groups is 1. The fourth-order valence-corrected chi connectivity index (χ4v) is 4.71. The summed E-state index contributed by atoms with van der Waals surface area (Å²) < 4.78 is 16.9. The van der Waals surface area contributed by atoms with Gasteiger partial charge in [0.25, 0.3) is 5.56 Å². The lowest BCUT2D eigenvalue weighted by atomic mass is 9.92. The second-order valence-corrected chi connectivity index (χ2v) is 9.25. The summed E-state index contributed by atoms with van der Waals surface area (Å²) >= 11 is 0. The van der Waals surface area contributed by atoms with E-state index in [1.54, 1.807) is 0 Å². The van der Waals surface area contributed by atoms with Crippen molar-refractivity contribution in [1.82, 2.24) is 14.6 Å². The van der Waals surface area contributed by atoms with Crippen molar-refractivity contribution in [3.8, 4) is 34.0 Å². The molecule has 0 spiro atoms. The summed E-state index contributed by atoms with van der Waals surface area (Å²) in [6, 6.07) is 15.1. The van der Waals surface area contributed by atoms with Crippen molar-refractivity contribution in [1.29, 1.82) is 0 Å². The minimum atomic E-state index is -4.71. The third kappa shape index (κ3) is 4.17. The molecule has 4 aromatic rings. The number of H-pyrrole nitrogens is 1. The van der Waals surface area contributed by atoms with E-state index in [1.165, 1.54) is 28.8 Å². The first kappa shape index (κ1) is 22.2. The van der Waals surface area contributed by atoms with Crippen molar-refractivity contribution < 1.29 is 24.0 Å². The van der Waals surface area contributed by atoms with Crippen LogP contribution >= 0.6 is 7.82 Å². The molecule has 0 aliphatic heterocycles. The first-order valence-corrected chi connectivity index (χ1v) is 12.3. The zero-order valence-corrected chi connectivity index (χ0v) is 18.9. The predicted octanol–water partition coefficient (Wildman–Crippen LogP) is 4.49. The molecule has 0 saturated carbocycles. The zero-order valence-electron chi connectivity index (χ0n) is 18.0. The van der Waals surface area contributed by atoms with Gasteiger partial charge in [-0.25, -0.2) is 4.57 Å². The number of nitrogens with zero attached hydrogens (tertiary/aromatic N) is 2. The molecule has 4 N–H and O–H groups in total. The minimum Gasteiger partial charge on any atom is -0.493 e. The van der Waals surface area contributed by atoms with Gasteiger partial charge in [0, 0.05) is 11.1 Å². The molecule has 1 aliphatic rings. The number of aromatic amines is 1. The number of hydrogen-bond acceptors (Lipinski definition) is 5. The average molecular weight is 479 g/mol. The highest BCUT2D eigenvalue weighted by molar-refractivity contribution is 7.46. The quantitative estimate of drug-likeness (QED) is 0.310. The minimum absolute atomic E-state index is 0.0125. The molecule has 0 atom stereocenters. The summed E-state index contributed by atoms with van der Waals surface area (Å²) in [5, 5.41) is 15.8. The van der Waals surface area contributed by atoms with Crippen molar-refractivity contribution in [3.63, 3.8) is 0 Å². The van der Waals surface area contributed by atoms with Gasteiger partial charge < -0.3 is 14.6 Å². The van der Waals surface area contributed by atoms with E-state index in [2.05, 4.69) is 20.7 Å². The molecule has 34 heavy (non-hydrogen) atoms. The van der Waals surface area contributed by atoms with Gasteiger partial charge in [-0.2, -0.15) is 9.61 Å². The van der Waals surface area contributed by atoms with Gasteiger partial charge in [-0.1, -0.05) is 48.5 Å². The Morgan fingerprint density at radius 2 is 1.71 bits per heavy atom. The Morgan fingerprint density at radius 3 is 2.35 bits per heavy atom. The van der Waals surface area contributed by atoms with E-state index in [-0.39, 0.29) is 17.2 Å². The molecule has 0 saturated heterocycles. The van der Waals surface area contributed by atoms with Gasteiger partial charge in [-0.3, -0.25) is 14.6 Å². The van der Waals surface area contributed by atoms with Gasteiger partial charge in [-0.15, -0.1) is 0 Å². The van der Waals surface area contributed by atoms with E-state index in [1.807, 2.05) is 30.3 Å². The van der Waals surface area contributed by atoms with E-state index in [0.29, 0.717) is 16.9 Å². The molecule has 0 radical (unpaired) electrons. The Labute approximate surface area is 194 Å². The van der Waals surface area contributed by atoms with Gasteiger partial charge in [0.1, 0.15) is 22.7 Å². The number of hydrogen-bond donors (Lipinski definition) is 4. The summed E-state index contributed by atoms with van der Waals surface area (Å²) in [4.78, 5) is 34.0. The van der Waals surface area contributed by atoms with Crippen LogP contribution in [0.3, 0.4) is 0 Å². The van der Waals surface area contributed by atoms with Crippen LogP contribution in [0.15, 0.2) is 65.5 Å². The fourth-order valence-electron chi connectivity index (χ4n) is 4.31. The molecule has 0 bridgehead atoms. The van der Waals surface area contributed by atoms with Crippen LogP contribution in [-0.4, -0.2) is 29.5 Å². The summed E-state index contributed by atoms with van der Waals surface area (Å²) in [5.74, 6) is -0.395. The highest BCUT2D eigenvalue weighted by Gasteiger charge is 2.24. The zero-order chi connectivity index (χ0) is 23.9. The Kier molecular flexibility index (Phi) is 5.61. The van der Waals surface area contributed by atoms with E-state index in [0.717, 1.165) is 42.4 Å². The molecule has 1 aliphatic carbocycles. The van der Waals surface area contributed by atoms with Crippen LogP contribution in [0.4, 0.5) is 0 Å². The average Bonchev–Trinajstić information content (AvgIpc) is 3.20. The molecule has 0 fully saturated rings. The number of rotatable bonds is 5. The molecule has 5 rings (SSSR count). The maximum Gasteiger partial charge on any atom is 0.524 e. The standard InChI is InChI=1S/C24H22N3O6P/c28-23-20(16-11-13-18(14-12-16)33-34(30,31)32)24(29)27-22(25-23)19(15-7-3-1-4-8-15)21(26-27)17-9-5-2-6-10-17/h2,5-7,9-14,29H,1,3-4,8H2,(H,25,28)(H2,30,31,32). The topological polar surface area (TPSA) is 137 Å². The number of aromatic nitrogens is 3. The largest absolute Gasteiger partial charge is 0.524 e. The van der Waals surface area contributed by atoms with Crippen LogP contribution in [0, 0.1) is 0 Å². The fraction of sp³-hybridized carbons (Fsp3) is 0.167. The van der Waals surface area contributed by atoms with Crippen LogP contribution in [0.25, 0.3) is 33.6 Å². The monoisotopic (exact) mass is 479 g/mol. The summed E-state index contributed by atoms with van der Waals surface area (Å²) in [6.07, 6.45) is 6.10. The molecule has 2 aromatic carbocycles. The molecule has 174 valence electrons. The lowest BCUT2D eigenvalue weighted by Crippen LogP contribution is -2.13. The Morgan fingerprint density at radius 1 is 0.971 bits per heavy atom. The van der Waals surface area contributed by atoms with Crippen LogP contribution in [0.5, 0.6) is 11.6 Å². The van der Waals surface area contributed by atoms with Crippen molar-refractivity contribution in [2.24, 2.45) is 0 Å². The van der Waals surface area contributed by atoms with Gasteiger partial charge in [-0.05, 0) is 49.0 Å². The van der Waals surface area contributed by atoms with Crippen LogP contribution < -0.4 is 10.1 Å². The molecular formula is C24H22N3O6P. The Balaban J connectivity index is 1.70. The maximum atomic E-state index is 13.1. The van der Waals surface area contributed by atoms with Gasteiger partial charge >= 0.3 is 7.82 Å². The number of benzene rings is 2. The maximum absolute atomic E-state index is 13.1. The summed E-state index contributed by atoms with van der Waals surface area (Å²) in [5.41, 5.74) is 3.66. The van der Waals surface area contributed by atoms with E-state index in [9.17, 15) is 14.5 Å². The first-order valence-electron chi connectivity index (χ1n) is 10.8. The number of allylic oxidation sites excluding steroid dienone is 2. The Bertz CT molecular complexity index is 1500. The number of aromatic hydroxyl groups is 1. The number of nitrogens with one attached hydrogen (secondary N) is 1. The van der Waals surface area contributed by atoms with Gasteiger partial charge in [0.2, 0.25) is 5.88 Å². The highest BCUT2D eigenvalue weighted by Crippen LogP contribution is 2.40. The molecule has 0 amide bonds. The molecular weight excluding hydrogens is 457 g/mol. The van der Waals surface area contributed by atoms with E-state index < -0.39 is 13.4 Å². The third-order valence-corrected chi connectivity index (χ3v) is 6.24. The lowest BCUT2D eigenvalue weighted by molar-refractivity contribution is 0.283. The molecule has 2 heterocycles. The third-order valence-electron chi connectivity index (χ3n) is 5.80. The second kappa shape index (κ2) is 8.61. The van der Waals surface area contributed by atoms with Crippen molar-refractivity contribution in [3.05, 3.63) is 76.6 Å². The highest BCUT2D eigenvalue weighted by atomic mass is 31.2. The number of phosphoric ester groups is 1. The van der Waals surface area contributed by atoms with Crippen LogP contribution in [0.2, 0.25) is 0 Å². The number of fused-ring (bicyclic) bond motifs is 1. The van der Waals surface area contributed by atoms with Gasteiger partial charge in [0.15, 0.2) is 0 Å². The van der Waals surface area contributed by atoms with Crippen LogP contribution in [-0.2, 0) is 4.57 Å². The van der Waals surface area contributed by atoms with Crippen molar-refractivity contribution >= 4 is 19.0 Å². The van der Waals surface area contributed by atoms with E-state index >= 15 is 0 Å². The molecule has 10 heteroatoms. The molecule has 2 aromatic heterocycles. The second-order valence-electron chi connectivity index (χ2n) is 8.08. The van der Waals surface area contributed by atoms with Crippen LogP contribution in [0.1, 0.15) is 31.2 Å². The Hall–Kier alpha value is -3.65. The predicted molar refractivity (Wildman–Crippen MR) is 127 cm³/mol. The summed E-state index contributed by atoms with van der Waals surface area (Å²) in [6.45, 7) is 0. The summed E-state index contributed by atoms with van der Waals surface area (Å²) in [7, 11) is -4.71. The van der Waals surface area contributed by atoms with E-state index in [4.69, 9.17) is 9.79 Å². The SMILES string of the molecule is O=c1[nH]c2c(C3=CCCCC3)c(-c3ccccc3)nn2c(O)c1-c1ccc(OP(=O)(O)O)cc1. The first-order chi connectivity index (χ1) is 16.3. The molecule has 0 unspecified atom stereocenters. The van der Waals surface area contributed by atoms with Crippen molar-refractivity contribution in [2.45, 2.75) is 25.7 Å².